The van der Waals surface area contributed by atoms with Crippen LogP contribution in [0.2, 0.25) is 0 Å². The van der Waals surface area contributed by atoms with Crippen molar-refractivity contribution >= 4 is 21.5 Å². The molecule has 1 nitrogen and oxygen atoms in total. The molecule has 0 radical (unpaired) electrons. The number of alkyl halides is 4. The second kappa shape index (κ2) is 4.13. The number of halogens is 4. The number of nitrogens with zero attached hydrogens (tertiary/aromatic N) is 1. The molecule has 0 fully saturated rings. The highest BCUT2D eigenvalue weighted by Gasteiger charge is 2.34. The molecule has 0 unspecified atom stereocenters. The third kappa shape index (κ3) is 2.35. The van der Waals surface area contributed by atoms with Crippen molar-refractivity contribution in [1.82, 2.24) is 4.98 Å². The minimum absolute atomic E-state index is 0.100. The van der Waals surface area contributed by atoms with Crippen LogP contribution in [0.5, 0.6) is 0 Å². The molecule has 0 saturated heterocycles. The summed E-state index contributed by atoms with van der Waals surface area (Å²) in [5.74, 6) is 0. The monoisotopic (exact) mass is 265 g/mol. The van der Waals surface area contributed by atoms with Gasteiger partial charge in [-0.15, -0.1) is 0 Å². The average Bonchev–Trinajstić information content (AvgIpc) is 2.15. The topological polar surface area (TPSA) is 12.9 Å². The second-order valence-corrected chi connectivity index (χ2v) is 3.20. The number of hydrogen-bond donors (Lipinski definition) is 0. The predicted octanol–water partition coefficient (Wildman–Crippen LogP) is 3.51. The maximum atomic E-state index is 12.4. The van der Waals surface area contributed by atoms with Gasteiger partial charge in [0.1, 0.15) is 0 Å². The van der Waals surface area contributed by atoms with E-state index in [-0.39, 0.29) is 11.0 Å². The highest BCUT2D eigenvalue weighted by molar-refractivity contribution is 9.09. The van der Waals surface area contributed by atoms with Crippen molar-refractivity contribution in [3.63, 3.8) is 0 Å². The summed E-state index contributed by atoms with van der Waals surface area (Å²) in [6.45, 7) is 3.51. The smallest absolute Gasteiger partial charge is 0.256 e. The van der Waals surface area contributed by atoms with Crippen molar-refractivity contribution < 1.29 is 13.2 Å². The van der Waals surface area contributed by atoms with E-state index in [1.807, 2.05) is 0 Å². The Bertz CT molecular complexity index is 346. The molecule has 0 aliphatic heterocycles. The quantitative estimate of drug-likeness (QED) is 0.746. The number of pyridine rings is 1. The first-order valence-corrected chi connectivity index (χ1v) is 4.85. The average molecular weight is 266 g/mol. The number of allylic oxidation sites excluding steroid dienone is 1. The maximum absolute atomic E-state index is 12.4. The van der Waals surface area contributed by atoms with Gasteiger partial charge >= 0.3 is 6.18 Å². The Morgan fingerprint density at radius 3 is 2.64 bits per heavy atom. The zero-order chi connectivity index (χ0) is 10.8. The van der Waals surface area contributed by atoms with Gasteiger partial charge in [0.15, 0.2) is 0 Å². The van der Waals surface area contributed by atoms with E-state index in [0.29, 0.717) is 5.57 Å². The lowest BCUT2D eigenvalue weighted by atomic mass is 10.1. The van der Waals surface area contributed by atoms with Crippen LogP contribution >= 0.6 is 15.9 Å². The predicted molar refractivity (Wildman–Crippen MR) is 52.1 cm³/mol. The van der Waals surface area contributed by atoms with Gasteiger partial charge in [0.05, 0.1) is 11.3 Å². The maximum Gasteiger partial charge on any atom is 0.418 e. The van der Waals surface area contributed by atoms with Crippen LogP contribution in [0.3, 0.4) is 0 Å². The van der Waals surface area contributed by atoms with E-state index in [1.54, 1.807) is 0 Å². The summed E-state index contributed by atoms with van der Waals surface area (Å²) in [5, 5.41) is 0.271. The SMILES string of the molecule is C=C(CBr)c1ncccc1C(F)(F)F. The molecule has 0 aliphatic rings. The van der Waals surface area contributed by atoms with Crippen LogP contribution in [0, 0.1) is 0 Å². The zero-order valence-corrected chi connectivity index (χ0v) is 8.69. The van der Waals surface area contributed by atoms with Crippen LogP contribution < -0.4 is 0 Å². The Balaban J connectivity index is 3.23. The summed E-state index contributed by atoms with van der Waals surface area (Å²) in [6, 6.07) is 2.25. The lowest BCUT2D eigenvalue weighted by Crippen LogP contribution is -2.10. The third-order valence-electron chi connectivity index (χ3n) is 1.61. The number of hydrogen-bond acceptors (Lipinski definition) is 1. The molecular weight excluding hydrogens is 259 g/mol. The lowest BCUT2D eigenvalue weighted by molar-refractivity contribution is -0.138. The van der Waals surface area contributed by atoms with Crippen molar-refractivity contribution in [2.45, 2.75) is 6.18 Å². The van der Waals surface area contributed by atoms with Crippen LogP contribution in [0.15, 0.2) is 24.9 Å². The molecule has 5 heteroatoms. The summed E-state index contributed by atoms with van der Waals surface area (Å²) in [5.41, 5.74) is -0.528. The van der Waals surface area contributed by atoms with Crippen LogP contribution in [-0.4, -0.2) is 10.3 Å². The van der Waals surface area contributed by atoms with Crippen LogP contribution in [0.4, 0.5) is 13.2 Å². The van der Waals surface area contributed by atoms with Crippen LogP contribution in [0.1, 0.15) is 11.3 Å². The van der Waals surface area contributed by atoms with Crippen LogP contribution in [-0.2, 0) is 6.18 Å². The summed E-state index contributed by atoms with van der Waals surface area (Å²) < 4.78 is 37.3. The molecule has 0 aromatic carbocycles. The van der Waals surface area contributed by atoms with Gasteiger partial charge in [0.2, 0.25) is 0 Å². The van der Waals surface area contributed by atoms with Gasteiger partial charge < -0.3 is 0 Å². The van der Waals surface area contributed by atoms with Crippen molar-refractivity contribution in [3.8, 4) is 0 Å². The Morgan fingerprint density at radius 1 is 1.50 bits per heavy atom. The fraction of sp³-hybridized carbons (Fsp3) is 0.222. The van der Waals surface area contributed by atoms with E-state index in [2.05, 4.69) is 27.5 Å². The Labute approximate surface area is 87.8 Å². The van der Waals surface area contributed by atoms with Crippen LogP contribution in [0.25, 0.3) is 5.57 Å². The highest BCUT2D eigenvalue weighted by Crippen LogP contribution is 2.33. The third-order valence-corrected chi connectivity index (χ3v) is 2.29. The van der Waals surface area contributed by atoms with Crippen molar-refractivity contribution in [3.05, 3.63) is 36.2 Å². The second-order valence-electron chi connectivity index (χ2n) is 2.63. The van der Waals surface area contributed by atoms with E-state index in [0.717, 1.165) is 6.07 Å². The van der Waals surface area contributed by atoms with Gasteiger partial charge in [-0.3, -0.25) is 4.98 Å². The summed E-state index contributed by atoms with van der Waals surface area (Å²) in [6.07, 6.45) is -3.06. The molecular formula is C9H7BrF3N. The summed E-state index contributed by atoms with van der Waals surface area (Å²) >= 11 is 3.05. The minimum atomic E-state index is -4.38. The standard InChI is InChI=1S/C9H7BrF3N/c1-6(5-10)8-7(9(11,12)13)3-2-4-14-8/h2-4H,1,5H2. The number of aromatic nitrogens is 1. The Hall–Kier alpha value is -0.840. The first kappa shape index (κ1) is 11.2. The van der Waals surface area contributed by atoms with Crippen molar-refractivity contribution in [1.29, 1.82) is 0 Å². The van der Waals surface area contributed by atoms with E-state index in [9.17, 15) is 13.2 Å². The molecule has 1 heterocycles. The molecule has 0 N–H and O–H groups in total. The summed E-state index contributed by atoms with van der Waals surface area (Å²) in [4.78, 5) is 3.67. The molecule has 0 aliphatic carbocycles. The molecule has 0 amide bonds. The van der Waals surface area contributed by atoms with E-state index >= 15 is 0 Å². The molecule has 0 spiro atoms. The fourth-order valence-electron chi connectivity index (χ4n) is 0.979. The number of rotatable bonds is 2. The Morgan fingerprint density at radius 2 is 2.14 bits per heavy atom. The zero-order valence-electron chi connectivity index (χ0n) is 7.11. The molecule has 0 atom stereocenters. The molecule has 0 saturated carbocycles. The van der Waals surface area contributed by atoms with Crippen molar-refractivity contribution in [2.75, 3.05) is 5.33 Å². The largest absolute Gasteiger partial charge is 0.418 e. The lowest BCUT2D eigenvalue weighted by Gasteiger charge is -2.11. The minimum Gasteiger partial charge on any atom is -0.256 e. The van der Waals surface area contributed by atoms with E-state index in [1.165, 1.54) is 12.3 Å². The molecule has 14 heavy (non-hydrogen) atoms. The fourth-order valence-corrected chi connectivity index (χ4v) is 1.24. The van der Waals surface area contributed by atoms with Gasteiger partial charge in [-0.1, -0.05) is 22.5 Å². The van der Waals surface area contributed by atoms with E-state index in [4.69, 9.17) is 0 Å². The van der Waals surface area contributed by atoms with Gasteiger partial charge in [-0.25, -0.2) is 0 Å². The first-order chi connectivity index (χ1) is 6.46. The molecule has 0 bridgehead atoms. The van der Waals surface area contributed by atoms with Crippen molar-refractivity contribution in [2.24, 2.45) is 0 Å². The molecule has 1 aromatic rings. The first-order valence-electron chi connectivity index (χ1n) is 3.73. The van der Waals surface area contributed by atoms with Gasteiger partial charge in [0.25, 0.3) is 0 Å². The highest BCUT2D eigenvalue weighted by atomic mass is 79.9. The van der Waals surface area contributed by atoms with Gasteiger partial charge in [0, 0.05) is 11.5 Å². The molecule has 1 aromatic heterocycles. The normalized spacial score (nSPS) is 11.4. The molecule has 76 valence electrons. The van der Waals surface area contributed by atoms with Gasteiger partial charge in [-0.2, -0.15) is 13.2 Å². The Kier molecular flexibility index (Phi) is 3.31. The summed E-state index contributed by atoms with van der Waals surface area (Å²) in [7, 11) is 0. The van der Waals surface area contributed by atoms with Gasteiger partial charge in [-0.05, 0) is 17.7 Å². The molecule has 1 rings (SSSR count). The van der Waals surface area contributed by atoms with E-state index < -0.39 is 11.7 Å².